The largest absolute Gasteiger partial charge is 0.349 e. The minimum absolute atomic E-state index is 0. The van der Waals surface area contributed by atoms with E-state index in [0.29, 0.717) is 0 Å². The van der Waals surface area contributed by atoms with Crippen LogP contribution in [0.1, 0.15) is 84.5 Å². The van der Waals surface area contributed by atoms with Crippen LogP contribution < -0.4 is 0 Å². The van der Waals surface area contributed by atoms with E-state index in [2.05, 4.69) is 13.8 Å². The van der Waals surface area contributed by atoms with Gasteiger partial charge in [0.05, 0.1) is 0 Å². The van der Waals surface area contributed by atoms with Crippen molar-refractivity contribution in [2.75, 3.05) is 14.1 Å². The summed E-state index contributed by atoms with van der Waals surface area (Å²) in [5, 5.41) is 0. The van der Waals surface area contributed by atoms with Gasteiger partial charge in [-0.2, -0.15) is 0 Å². The van der Waals surface area contributed by atoms with E-state index in [-0.39, 0.29) is 28.9 Å². The van der Waals surface area contributed by atoms with E-state index in [1.807, 2.05) is 14.1 Å². The van der Waals surface area contributed by atoms with Crippen molar-refractivity contribution in [2.24, 2.45) is 17.8 Å². The number of hydrogen-bond donors (Lipinski definition) is 0. The van der Waals surface area contributed by atoms with E-state index in [4.69, 9.17) is 0 Å². The zero-order valence-corrected chi connectivity index (χ0v) is 16.3. The molecule has 0 aromatic rings. The number of amides is 1. The molecule has 132 valence electrons. The van der Waals surface area contributed by atoms with Crippen LogP contribution in [0, 0.1) is 17.8 Å². The molecule has 1 amide bonds. The fraction of sp³-hybridized carbons (Fsp3) is 0.947. The summed E-state index contributed by atoms with van der Waals surface area (Å²) in [5.41, 5.74) is 0. The van der Waals surface area contributed by atoms with Crippen molar-refractivity contribution < 1.29 is 21.9 Å². The smallest absolute Gasteiger partial charge is 0.224 e. The summed E-state index contributed by atoms with van der Waals surface area (Å²) in [6.45, 7) is 4.36. The van der Waals surface area contributed by atoms with E-state index in [9.17, 15) is 4.79 Å². The van der Waals surface area contributed by atoms with Gasteiger partial charge in [-0.05, 0) is 18.3 Å². The standard InChI is InChI=1S/C14H27NO.C5H10.Fe/c1-5-12(13-8-6-7-9-13)10-11(2)14(16)15(3)4;1-2-4-5-3-1;/h11-13H,5-10H2,1-4H3;1-5H2;. The summed E-state index contributed by atoms with van der Waals surface area (Å²) in [5.74, 6) is 2.14. The van der Waals surface area contributed by atoms with Crippen molar-refractivity contribution in [3.05, 3.63) is 0 Å². The zero-order chi connectivity index (χ0) is 15.7. The molecule has 0 aromatic carbocycles. The molecule has 2 nitrogen and oxygen atoms in total. The normalized spacial score (nSPS) is 20.5. The summed E-state index contributed by atoms with van der Waals surface area (Å²) in [7, 11) is 3.71. The first-order chi connectivity index (χ1) is 10.1. The Bertz CT molecular complexity index is 276. The Hall–Kier alpha value is -0.0105. The summed E-state index contributed by atoms with van der Waals surface area (Å²) < 4.78 is 0. The van der Waals surface area contributed by atoms with Crippen LogP contribution in [-0.2, 0) is 21.9 Å². The molecule has 2 atom stereocenters. The molecule has 0 heterocycles. The van der Waals surface area contributed by atoms with Gasteiger partial charge in [0.1, 0.15) is 0 Å². The van der Waals surface area contributed by atoms with Crippen LogP contribution >= 0.6 is 0 Å². The molecule has 3 heteroatoms. The van der Waals surface area contributed by atoms with Crippen LogP contribution in [0.4, 0.5) is 0 Å². The van der Waals surface area contributed by atoms with Crippen molar-refractivity contribution in [1.29, 1.82) is 0 Å². The molecule has 22 heavy (non-hydrogen) atoms. The average Bonchev–Trinajstić information content (AvgIpc) is 3.17. The van der Waals surface area contributed by atoms with Crippen molar-refractivity contribution >= 4 is 5.91 Å². The third-order valence-corrected chi connectivity index (χ3v) is 5.36. The van der Waals surface area contributed by atoms with E-state index in [1.54, 1.807) is 4.90 Å². The molecule has 2 rings (SSSR count). The van der Waals surface area contributed by atoms with Gasteiger partial charge >= 0.3 is 0 Å². The Morgan fingerprint density at radius 3 is 1.82 bits per heavy atom. The third-order valence-electron chi connectivity index (χ3n) is 5.36. The summed E-state index contributed by atoms with van der Waals surface area (Å²) in [6.07, 6.45) is 15.4. The molecule has 0 spiro atoms. The van der Waals surface area contributed by atoms with Gasteiger partial charge < -0.3 is 4.90 Å². The molecule has 2 aliphatic rings. The topological polar surface area (TPSA) is 20.3 Å². The SMILES string of the molecule is C1CCCC1.CCC(CC(C)C(=O)N(C)C)C1CCCC1.[Fe]. The molecule has 0 radical (unpaired) electrons. The summed E-state index contributed by atoms with van der Waals surface area (Å²) in [4.78, 5) is 13.6. The minimum Gasteiger partial charge on any atom is -0.349 e. The molecule has 2 unspecified atom stereocenters. The molecule has 0 N–H and O–H groups in total. The molecule has 0 aliphatic heterocycles. The third kappa shape index (κ3) is 8.01. The molecule has 0 saturated heterocycles. The second-order valence-electron chi connectivity index (χ2n) is 7.35. The Morgan fingerprint density at radius 1 is 1.00 bits per heavy atom. The quantitative estimate of drug-likeness (QED) is 0.618. The van der Waals surface area contributed by atoms with Gasteiger partial charge in [-0.1, -0.05) is 78.1 Å². The first kappa shape index (κ1) is 22.0. The average molecular weight is 351 g/mol. The van der Waals surface area contributed by atoms with Crippen molar-refractivity contribution in [2.45, 2.75) is 84.5 Å². The van der Waals surface area contributed by atoms with E-state index >= 15 is 0 Å². The number of nitrogens with zero attached hydrogens (tertiary/aromatic N) is 1. The van der Waals surface area contributed by atoms with Gasteiger partial charge in [-0.3, -0.25) is 4.79 Å². The summed E-state index contributed by atoms with van der Waals surface area (Å²) in [6, 6.07) is 0. The first-order valence-corrected chi connectivity index (χ1v) is 9.27. The van der Waals surface area contributed by atoms with Crippen LogP contribution in [0.3, 0.4) is 0 Å². The molecule has 2 aliphatic carbocycles. The summed E-state index contributed by atoms with van der Waals surface area (Å²) >= 11 is 0. The van der Waals surface area contributed by atoms with Gasteiger partial charge in [0, 0.05) is 37.1 Å². The second kappa shape index (κ2) is 12.4. The Morgan fingerprint density at radius 2 is 1.45 bits per heavy atom. The zero-order valence-electron chi connectivity index (χ0n) is 15.2. The second-order valence-corrected chi connectivity index (χ2v) is 7.35. The van der Waals surface area contributed by atoms with Gasteiger partial charge in [-0.15, -0.1) is 0 Å². The van der Waals surface area contributed by atoms with E-state index in [1.165, 1.54) is 64.2 Å². The van der Waals surface area contributed by atoms with Crippen molar-refractivity contribution in [1.82, 2.24) is 4.90 Å². The maximum Gasteiger partial charge on any atom is 0.224 e. The molecular formula is C19H37FeNO. The molecule has 0 bridgehead atoms. The molecule has 2 saturated carbocycles. The maximum atomic E-state index is 11.8. The van der Waals surface area contributed by atoms with E-state index < -0.39 is 0 Å². The van der Waals surface area contributed by atoms with Crippen LogP contribution in [0.15, 0.2) is 0 Å². The van der Waals surface area contributed by atoms with Gasteiger partial charge in [0.25, 0.3) is 0 Å². The molecule has 0 aromatic heterocycles. The monoisotopic (exact) mass is 351 g/mol. The molecule has 2 fully saturated rings. The van der Waals surface area contributed by atoms with E-state index in [0.717, 1.165) is 18.3 Å². The predicted octanol–water partition coefficient (Wildman–Crippen LogP) is 5.27. The van der Waals surface area contributed by atoms with Crippen LogP contribution in [0.2, 0.25) is 0 Å². The van der Waals surface area contributed by atoms with Gasteiger partial charge in [0.2, 0.25) is 5.91 Å². The fourth-order valence-corrected chi connectivity index (χ4v) is 4.00. The Labute approximate surface area is 149 Å². The number of carbonyl (C=O) groups excluding carboxylic acids is 1. The first-order valence-electron chi connectivity index (χ1n) is 9.27. The fourth-order valence-electron chi connectivity index (χ4n) is 4.00. The Balaban J connectivity index is 0.000000622. The van der Waals surface area contributed by atoms with Crippen LogP contribution in [-0.4, -0.2) is 24.9 Å². The van der Waals surface area contributed by atoms with Crippen LogP contribution in [0.25, 0.3) is 0 Å². The molecular weight excluding hydrogens is 314 g/mol. The van der Waals surface area contributed by atoms with Crippen molar-refractivity contribution in [3.8, 4) is 0 Å². The number of rotatable bonds is 5. The van der Waals surface area contributed by atoms with Crippen molar-refractivity contribution in [3.63, 3.8) is 0 Å². The Kier molecular flexibility index (Phi) is 12.4. The van der Waals surface area contributed by atoms with Gasteiger partial charge in [-0.25, -0.2) is 0 Å². The van der Waals surface area contributed by atoms with Crippen LogP contribution in [0.5, 0.6) is 0 Å². The predicted molar refractivity (Wildman–Crippen MR) is 91.3 cm³/mol. The van der Waals surface area contributed by atoms with Gasteiger partial charge in [0.15, 0.2) is 0 Å². The number of carbonyl (C=O) groups is 1. The maximum absolute atomic E-state index is 11.8. The minimum atomic E-state index is 0. The number of hydrogen-bond acceptors (Lipinski definition) is 1.